The SMILES string of the molecule is O=C(O)c1ccc(C(=O)Nc2c(F)cc(Br)cc2F)o1. The zero-order chi connectivity index (χ0) is 14.9. The Kier molecular flexibility index (Phi) is 3.84. The molecule has 1 aromatic heterocycles. The van der Waals surface area contributed by atoms with Crippen molar-refractivity contribution in [2.24, 2.45) is 0 Å². The van der Waals surface area contributed by atoms with Gasteiger partial charge in [0.1, 0.15) is 5.69 Å². The van der Waals surface area contributed by atoms with Crippen LogP contribution in [0.25, 0.3) is 0 Å². The van der Waals surface area contributed by atoms with E-state index in [1.165, 1.54) is 0 Å². The number of amides is 1. The Hall–Kier alpha value is -2.22. The number of carbonyl (C=O) groups is 2. The van der Waals surface area contributed by atoms with E-state index in [1.807, 2.05) is 5.32 Å². The average molecular weight is 346 g/mol. The van der Waals surface area contributed by atoms with E-state index in [0.717, 1.165) is 24.3 Å². The molecule has 0 bridgehead atoms. The fourth-order valence-corrected chi connectivity index (χ4v) is 1.81. The second kappa shape index (κ2) is 5.41. The number of hydrogen-bond donors (Lipinski definition) is 2. The van der Waals surface area contributed by atoms with Crippen LogP contribution in [0.3, 0.4) is 0 Å². The van der Waals surface area contributed by atoms with Crippen LogP contribution in [0, 0.1) is 11.6 Å². The normalized spacial score (nSPS) is 10.3. The Morgan fingerprint density at radius 2 is 1.70 bits per heavy atom. The van der Waals surface area contributed by atoms with Crippen molar-refractivity contribution in [3.8, 4) is 0 Å². The lowest BCUT2D eigenvalue weighted by molar-refractivity contribution is 0.0660. The standard InChI is InChI=1S/C12H6BrF2NO4/c13-5-3-6(14)10(7(15)4-5)16-11(17)8-1-2-9(20-8)12(18)19/h1-4H,(H,16,17)(H,18,19). The van der Waals surface area contributed by atoms with Crippen LogP contribution in [0.2, 0.25) is 0 Å². The fraction of sp³-hybridized carbons (Fsp3) is 0. The summed E-state index contributed by atoms with van der Waals surface area (Å²) in [6.45, 7) is 0. The predicted molar refractivity (Wildman–Crippen MR) is 67.7 cm³/mol. The molecular formula is C12H6BrF2NO4. The van der Waals surface area contributed by atoms with Gasteiger partial charge in [-0.2, -0.15) is 0 Å². The smallest absolute Gasteiger partial charge is 0.371 e. The number of carboxylic acids is 1. The van der Waals surface area contributed by atoms with Gasteiger partial charge in [0.2, 0.25) is 5.76 Å². The lowest BCUT2D eigenvalue weighted by atomic mass is 10.3. The monoisotopic (exact) mass is 345 g/mol. The fourth-order valence-electron chi connectivity index (χ4n) is 1.41. The summed E-state index contributed by atoms with van der Waals surface area (Å²) in [5.74, 6) is -5.09. The minimum Gasteiger partial charge on any atom is -0.475 e. The number of nitrogens with one attached hydrogen (secondary N) is 1. The Morgan fingerprint density at radius 1 is 1.15 bits per heavy atom. The zero-order valence-corrected chi connectivity index (χ0v) is 11.2. The first-order chi connectivity index (χ1) is 9.38. The molecule has 20 heavy (non-hydrogen) atoms. The molecule has 0 aliphatic carbocycles. The van der Waals surface area contributed by atoms with Gasteiger partial charge in [0.05, 0.1) is 0 Å². The van der Waals surface area contributed by atoms with E-state index in [1.54, 1.807) is 0 Å². The van der Waals surface area contributed by atoms with Crippen LogP contribution in [0.15, 0.2) is 33.2 Å². The van der Waals surface area contributed by atoms with Crippen molar-refractivity contribution in [1.82, 2.24) is 0 Å². The van der Waals surface area contributed by atoms with E-state index in [-0.39, 0.29) is 10.2 Å². The van der Waals surface area contributed by atoms with Gasteiger partial charge in [-0.25, -0.2) is 13.6 Å². The molecule has 8 heteroatoms. The molecule has 104 valence electrons. The first-order valence-electron chi connectivity index (χ1n) is 5.17. The highest BCUT2D eigenvalue weighted by atomic mass is 79.9. The van der Waals surface area contributed by atoms with Crippen molar-refractivity contribution in [3.05, 3.63) is 51.9 Å². The van der Waals surface area contributed by atoms with Crippen molar-refractivity contribution in [2.45, 2.75) is 0 Å². The number of rotatable bonds is 3. The topological polar surface area (TPSA) is 79.5 Å². The first-order valence-corrected chi connectivity index (χ1v) is 5.97. The number of halogens is 3. The summed E-state index contributed by atoms with van der Waals surface area (Å²) in [6, 6.07) is 4.10. The molecule has 0 fully saturated rings. The Labute approximate surface area is 119 Å². The largest absolute Gasteiger partial charge is 0.475 e. The quantitative estimate of drug-likeness (QED) is 0.894. The summed E-state index contributed by atoms with van der Waals surface area (Å²) >= 11 is 2.90. The van der Waals surface area contributed by atoms with Crippen molar-refractivity contribution in [2.75, 3.05) is 5.32 Å². The first kappa shape index (κ1) is 14.2. The second-order valence-corrected chi connectivity index (χ2v) is 4.58. The summed E-state index contributed by atoms with van der Waals surface area (Å²) < 4.78 is 31.9. The Balaban J connectivity index is 2.25. The van der Waals surface area contributed by atoms with Crippen LogP contribution in [0.5, 0.6) is 0 Å². The van der Waals surface area contributed by atoms with Crippen molar-refractivity contribution < 1.29 is 27.9 Å². The molecule has 0 radical (unpaired) electrons. The summed E-state index contributed by atoms with van der Waals surface area (Å²) in [5.41, 5.74) is -0.647. The second-order valence-electron chi connectivity index (χ2n) is 3.67. The highest BCUT2D eigenvalue weighted by molar-refractivity contribution is 9.10. The molecule has 1 heterocycles. The molecule has 0 spiro atoms. The Bertz CT molecular complexity index is 676. The maximum Gasteiger partial charge on any atom is 0.371 e. The maximum absolute atomic E-state index is 13.5. The molecular weight excluding hydrogens is 340 g/mol. The molecule has 2 N–H and O–H groups in total. The number of carboxylic acid groups (broad SMARTS) is 1. The van der Waals surface area contributed by atoms with Crippen LogP contribution in [0.4, 0.5) is 14.5 Å². The molecule has 0 atom stereocenters. The number of carbonyl (C=O) groups excluding carboxylic acids is 1. The third-order valence-corrected chi connectivity index (χ3v) is 2.74. The number of benzene rings is 1. The summed E-state index contributed by atoms with van der Waals surface area (Å²) in [7, 11) is 0. The molecule has 0 aliphatic rings. The highest BCUT2D eigenvalue weighted by Crippen LogP contribution is 2.24. The van der Waals surface area contributed by atoms with Crippen LogP contribution in [-0.4, -0.2) is 17.0 Å². The van der Waals surface area contributed by atoms with Crippen LogP contribution in [0.1, 0.15) is 21.1 Å². The molecule has 0 saturated carbocycles. The predicted octanol–water partition coefficient (Wildman–Crippen LogP) is 3.27. The van der Waals surface area contributed by atoms with Crippen LogP contribution in [-0.2, 0) is 0 Å². The van der Waals surface area contributed by atoms with Gasteiger partial charge >= 0.3 is 5.97 Å². The summed E-state index contributed by atoms with van der Waals surface area (Å²) in [4.78, 5) is 22.3. The summed E-state index contributed by atoms with van der Waals surface area (Å²) in [6.07, 6.45) is 0. The number of anilines is 1. The molecule has 0 aliphatic heterocycles. The van der Waals surface area contributed by atoms with Gasteiger partial charge in [-0.1, -0.05) is 15.9 Å². The number of aromatic carboxylic acids is 1. The van der Waals surface area contributed by atoms with Gasteiger partial charge in [0, 0.05) is 4.47 Å². The van der Waals surface area contributed by atoms with Gasteiger partial charge in [-0.3, -0.25) is 4.79 Å². The lowest BCUT2D eigenvalue weighted by Gasteiger charge is -2.06. The van der Waals surface area contributed by atoms with Gasteiger partial charge in [0.15, 0.2) is 17.4 Å². The van der Waals surface area contributed by atoms with Gasteiger partial charge in [0.25, 0.3) is 5.91 Å². The third-order valence-electron chi connectivity index (χ3n) is 2.29. The van der Waals surface area contributed by atoms with Crippen LogP contribution >= 0.6 is 15.9 Å². The zero-order valence-electron chi connectivity index (χ0n) is 9.62. The molecule has 1 amide bonds. The van der Waals surface area contributed by atoms with Gasteiger partial charge < -0.3 is 14.8 Å². The molecule has 2 aromatic rings. The van der Waals surface area contributed by atoms with Crippen molar-refractivity contribution >= 4 is 33.5 Å². The third kappa shape index (κ3) is 2.85. The Morgan fingerprint density at radius 3 is 2.20 bits per heavy atom. The van der Waals surface area contributed by atoms with Gasteiger partial charge in [-0.05, 0) is 24.3 Å². The van der Waals surface area contributed by atoms with Crippen molar-refractivity contribution in [3.63, 3.8) is 0 Å². The van der Waals surface area contributed by atoms with E-state index >= 15 is 0 Å². The number of furan rings is 1. The lowest BCUT2D eigenvalue weighted by Crippen LogP contribution is -2.13. The molecule has 2 rings (SSSR count). The molecule has 1 aromatic carbocycles. The molecule has 0 saturated heterocycles. The van der Waals surface area contributed by atoms with E-state index < -0.39 is 35.0 Å². The minimum absolute atomic E-state index is 0.177. The van der Waals surface area contributed by atoms with Crippen LogP contribution < -0.4 is 5.32 Å². The summed E-state index contributed by atoms with van der Waals surface area (Å²) in [5, 5.41) is 10.6. The van der Waals surface area contributed by atoms with E-state index in [9.17, 15) is 18.4 Å². The highest BCUT2D eigenvalue weighted by Gasteiger charge is 2.18. The molecule has 0 unspecified atom stereocenters. The van der Waals surface area contributed by atoms with E-state index in [2.05, 4.69) is 15.9 Å². The maximum atomic E-state index is 13.5. The minimum atomic E-state index is -1.36. The van der Waals surface area contributed by atoms with E-state index in [4.69, 9.17) is 9.52 Å². The van der Waals surface area contributed by atoms with E-state index in [0.29, 0.717) is 0 Å². The molecule has 5 nitrogen and oxygen atoms in total. The average Bonchev–Trinajstić information content (AvgIpc) is 2.83. The van der Waals surface area contributed by atoms with Crippen molar-refractivity contribution in [1.29, 1.82) is 0 Å². The number of hydrogen-bond acceptors (Lipinski definition) is 3. The van der Waals surface area contributed by atoms with Gasteiger partial charge in [-0.15, -0.1) is 0 Å².